The van der Waals surface area contributed by atoms with E-state index in [0.29, 0.717) is 4.68 Å². The Morgan fingerprint density at radius 2 is 2.00 bits per heavy atom. The number of alkyl halides is 7. The maximum Gasteiger partial charge on any atom is 0.413 e. The molecule has 0 unspecified atom stereocenters. The minimum atomic E-state index is -4.69. The average Bonchev–Trinajstić information content (AvgIpc) is 2.69. The molecule has 0 spiro atoms. The quantitative estimate of drug-likeness (QED) is 0.787. The summed E-state index contributed by atoms with van der Waals surface area (Å²) in [5.41, 5.74) is 0.0538. The van der Waals surface area contributed by atoms with Gasteiger partial charge in [0.1, 0.15) is 12.4 Å². The van der Waals surface area contributed by atoms with Crippen LogP contribution in [0.25, 0.3) is 0 Å². The van der Waals surface area contributed by atoms with Gasteiger partial charge in [-0.2, -0.15) is 18.3 Å². The number of amides is 1. The molecule has 0 bridgehead atoms. The largest absolute Gasteiger partial charge is 0.443 e. The summed E-state index contributed by atoms with van der Waals surface area (Å²) < 4.78 is 92.5. The maximum atomic E-state index is 13.0. The van der Waals surface area contributed by atoms with Gasteiger partial charge in [-0.25, -0.2) is 27.0 Å². The van der Waals surface area contributed by atoms with Gasteiger partial charge >= 0.3 is 12.3 Å². The zero-order valence-corrected chi connectivity index (χ0v) is 12.8. The van der Waals surface area contributed by atoms with Gasteiger partial charge in [0.2, 0.25) is 5.92 Å². The molecule has 1 aromatic rings. The first-order chi connectivity index (χ1) is 11.4. The van der Waals surface area contributed by atoms with Crippen LogP contribution in [0.4, 0.5) is 41.3 Å². The highest BCUT2D eigenvalue weighted by molar-refractivity contribution is 5.84. The second-order valence-corrected chi connectivity index (χ2v) is 5.71. The topological polar surface area (TPSA) is 56.2 Å². The second kappa shape index (κ2) is 6.71. The van der Waals surface area contributed by atoms with E-state index in [2.05, 4.69) is 9.84 Å². The lowest BCUT2D eigenvalue weighted by molar-refractivity contribution is -0.142. The van der Waals surface area contributed by atoms with E-state index in [-0.39, 0.29) is 11.3 Å². The Morgan fingerprint density at radius 3 is 2.48 bits per heavy atom. The van der Waals surface area contributed by atoms with E-state index < -0.39 is 62.3 Å². The molecule has 25 heavy (non-hydrogen) atoms. The van der Waals surface area contributed by atoms with Gasteiger partial charge in [-0.05, 0) is 6.92 Å². The van der Waals surface area contributed by atoms with Gasteiger partial charge in [0.15, 0.2) is 6.61 Å². The van der Waals surface area contributed by atoms with E-state index in [9.17, 15) is 35.5 Å². The Kier molecular flexibility index (Phi) is 5.19. The first-order valence-corrected chi connectivity index (χ1v) is 7.12. The molecule has 0 atom stereocenters. The Balaban J connectivity index is 2.22. The molecule has 1 N–H and O–H groups in total. The van der Waals surface area contributed by atoms with E-state index in [1.54, 1.807) is 0 Å². The van der Waals surface area contributed by atoms with Crippen molar-refractivity contribution in [3.05, 3.63) is 11.3 Å². The molecule has 1 saturated carbocycles. The highest BCUT2D eigenvalue weighted by atomic mass is 19.4. The molecule has 1 aliphatic carbocycles. The molecular weight excluding hydrogens is 363 g/mol. The van der Waals surface area contributed by atoms with E-state index >= 15 is 0 Å². The highest BCUT2D eigenvalue weighted by Gasteiger charge is 2.48. The molecule has 142 valence electrons. The van der Waals surface area contributed by atoms with Crippen molar-refractivity contribution in [1.82, 2.24) is 9.78 Å². The van der Waals surface area contributed by atoms with E-state index in [1.807, 2.05) is 5.32 Å². The average molecular weight is 377 g/mol. The summed E-state index contributed by atoms with van der Waals surface area (Å²) in [6.07, 6.45) is -10.2. The molecule has 1 fully saturated rings. The van der Waals surface area contributed by atoms with Crippen molar-refractivity contribution in [2.45, 2.75) is 50.8 Å². The van der Waals surface area contributed by atoms with Crippen LogP contribution >= 0.6 is 0 Å². The van der Waals surface area contributed by atoms with Gasteiger partial charge in [0, 0.05) is 24.3 Å². The van der Waals surface area contributed by atoms with Gasteiger partial charge in [-0.15, -0.1) is 0 Å². The number of carbonyl (C=O) groups is 1. The third kappa shape index (κ3) is 4.98. The smallest absolute Gasteiger partial charge is 0.413 e. The number of ether oxygens (including phenoxy) is 1. The molecule has 12 heteroatoms. The summed E-state index contributed by atoms with van der Waals surface area (Å²) >= 11 is 0. The highest BCUT2D eigenvalue weighted by Crippen LogP contribution is 2.49. The Bertz CT molecular complexity index is 634. The van der Waals surface area contributed by atoms with Crippen molar-refractivity contribution < 1.29 is 40.3 Å². The zero-order chi connectivity index (χ0) is 19.0. The van der Waals surface area contributed by atoms with Gasteiger partial charge in [-0.1, -0.05) is 0 Å². The van der Waals surface area contributed by atoms with Crippen molar-refractivity contribution in [1.29, 1.82) is 0 Å². The lowest BCUT2D eigenvalue weighted by Gasteiger charge is -2.34. The number of aromatic nitrogens is 2. The van der Waals surface area contributed by atoms with Crippen LogP contribution in [0, 0.1) is 6.92 Å². The molecule has 1 amide bonds. The number of anilines is 1. The van der Waals surface area contributed by atoms with Crippen LogP contribution in [0.15, 0.2) is 0 Å². The monoisotopic (exact) mass is 377 g/mol. The molecule has 0 saturated heterocycles. The van der Waals surface area contributed by atoms with E-state index in [4.69, 9.17) is 0 Å². The van der Waals surface area contributed by atoms with Crippen molar-refractivity contribution >= 4 is 11.9 Å². The van der Waals surface area contributed by atoms with Crippen LogP contribution < -0.4 is 5.32 Å². The molecule has 0 radical (unpaired) electrons. The molecule has 1 aromatic heterocycles. The number of halogens is 7. The first-order valence-electron chi connectivity index (χ1n) is 7.12. The predicted molar refractivity (Wildman–Crippen MR) is 70.9 cm³/mol. The van der Waals surface area contributed by atoms with E-state index in [0.717, 1.165) is 0 Å². The molecule has 5 nitrogen and oxygen atoms in total. The van der Waals surface area contributed by atoms with Gasteiger partial charge in [0.25, 0.3) is 6.43 Å². The third-order valence-corrected chi connectivity index (χ3v) is 3.59. The fraction of sp³-hybridized carbons (Fsp3) is 0.692. The van der Waals surface area contributed by atoms with Crippen LogP contribution in [-0.4, -0.2) is 41.0 Å². The summed E-state index contributed by atoms with van der Waals surface area (Å²) in [4.78, 5) is 11.4. The van der Waals surface area contributed by atoms with Gasteiger partial charge in [0.05, 0.1) is 5.69 Å². The van der Waals surface area contributed by atoms with Crippen LogP contribution in [0.1, 0.15) is 30.0 Å². The summed E-state index contributed by atoms with van der Waals surface area (Å²) in [6.45, 7) is -1.52. The molecule has 0 aromatic carbocycles. The Hall–Kier alpha value is -2.01. The zero-order valence-electron chi connectivity index (χ0n) is 12.8. The maximum absolute atomic E-state index is 13.0. The molecule has 2 rings (SSSR count). The minimum absolute atomic E-state index is 0.000616. The van der Waals surface area contributed by atoms with Crippen LogP contribution in [0.2, 0.25) is 0 Å². The minimum Gasteiger partial charge on any atom is -0.443 e. The molecule has 0 aliphatic heterocycles. The lowest BCUT2D eigenvalue weighted by atomic mass is 9.78. The first kappa shape index (κ1) is 19.3. The number of hydrogen-bond donors (Lipinski definition) is 1. The summed E-state index contributed by atoms with van der Waals surface area (Å²) in [5.74, 6) is -4.08. The van der Waals surface area contributed by atoms with Crippen molar-refractivity contribution in [2.24, 2.45) is 0 Å². The standard InChI is InChI=1S/C13H14F7N3O2/c1-6-9(7-2-12(16,17)3-7)22-23(5-13(18,19)20)10(6)21-11(24)25-4-8(14)15/h7-8H,2-5H2,1H3,(H,21,24). The molecular formula is C13H14F7N3O2. The van der Waals surface area contributed by atoms with Gasteiger partial charge in [-0.3, -0.25) is 5.32 Å². The fourth-order valence-electron chi connectivity index (χ4n) is 2.53. The van der Waals surface area contributed by atoms with Crippen molar-refractivity contribution in [2.75, 3.05) is 11.9 Å². The van der Waals surface area contributed by atoms with Gasteiger partial charge < -0.3 is 4.74 Å². The number of nitrogens with one attached hydrogen (secondary N) is 1. The number of rotatable bonds is 5. The Labute approximate surface area is 137 Å². The fourth-order valence-corrected chi connectivity index (χ4v) is 2.53. The second-order valence-electron chi connectivity index (χ2n) is 5.71. The van der Waals surface area contributed by atoms with Crippen LogP contribution in [0.3, 0.4) is 0 Å². The summed E-state index contributed by atoms with van der Waals surface area (Å²) in [6, 6.07) is 0. The van der Waals surface area contributed by atoms with E-state index in [1.165, 1.54) is 6.92 Å². The number of hydrogen-bond acceptors (Lipinski definition) is 3. The SMILES string of the molecule is Cc1c(C2CC(F)(F)C2)nn(CC(F)(F)F)c1NC(=O)OCC(F)F. The van der Waals surface area contributed by atoms with Crippen LogP contribution in [0.5, 0.6) is 0 Å². The van der Waals surface area contributed by atoms with Crippen molar-refractivity contribution in [3.8, 4) is 0 Å². The summed E-state index contributed by atoms with van der Waals surface area (Å²) in [5, 5.41) is 5.60. The lowest BCUT2D eigenvalue weighted by Crippen LogP contribution is -2.34. The predicted octanol–water partition coefficient (Wildman–Crippen LogP) is 4.08. The third-order valence-electron chi connectivity index (χ3n) is 3.59. The molecule has 1 heterocycles. The number of carbonyl (C=O) groups excluding carboxylic acids is 1. The summed E-state index contributed by atoms with van der Waals surface area (Å²) in [7, 11) is 0. The van der Waals surface area contributed by atoms with Crippen LogP contribution in [-0.2, 0) is 11.3 Å². The Morgan fingerprint density at radius 1 is 1.40 bits per heavy atom. The normalized spacial score (nSPS) is 17.5. The molecule has 1 aliphatic rings. The van der Waals surface area contributed by atoms with Crippen molar-refractivity contribution in [3.63, 3.8) is 0 Å². The number of nitrogens with zero attached hydrogens (tertiary/aromatic N) is 2.